The number of thioether (sulfide) groups is 1. The minimum Gasteiger partial charge on any atom is -0.507 e. The SMILES string of the molecule is CSc1cc(-c2ccc(-c3cnc(NC4CC4)nn3)c(O)c2)c(F)cn1. The maximum absolute atomic E-state index is 14.1. The maximum atomic E-state index is 14.1. The largest absolute Gasteiger partial charge is 0.507 e. The van der Waals surface area contributed by atoms with E-state index in [1.165, 1.54) is 24.0 Å². The van der Waals surface area contributed by atoms with E-state index in [4.69, 9.17) is 0 Å². The van der Waals surface area contributed by atoms with Crippen molar-refractivity contribution in [1.29, 1.82) is 0 Å². The van der Waals surface area contributed by atoms with Gasteiger partial charge < -0.3 is 10.4 Å². The summed E-state index contributed by atoms with van der Waals surface area (Å²) < 4.78 is 14.1. The third-order valence-electron chi connectivity index (χ3n) is 4.10. The second-order valence-electron chi connectivity index (χ2n) is 6.02. The zero-order valence-corrected chi connectivity index (χ0v) is 14.8. The molecule has 1 aromatic carbocycles. The Morgan fingerprint density at radius 1 is 1.12 bits per heavy atom. The molecule has 3 aromatic rings. The molecular formula is C18H16FN5OS. The van der Waals surface area contributed by atoms with Gasteiger partial charge in [0, 0.05) is 17.2 Å². The van der Waals surface area contributed by atoms with Crippen molar-refractivity contribution >= 4 is 17.7 Å². The van der Waals surface area contributed by atoms with Crippen molar-refractivity contribution in [2.75, 3.05) is 11.6 Å². The lowest BCUT2D eigenvalue weighted by Crippen LogP contribution is -2.06. The molecule has 1 aliphatic rings. The summed E-state index contributed by atoms with van der Waals surface area (Å²) in [6, 6.07) is 7.03. The molecule has 0 atom stereocenters. The molecule has 0 bridgehead atoms. The third-order valence-corrected chi connectivity index (χ3v) is 4.74. The standard InChI is InChI=1S/C18H16FN5OS/c1-26-17-7-13(14(19)8-20-17)10-2-5-12(16(25)6-10)15-9-21-18(24-23-15)22-11-3-4-11/h2,5-9,11,25H,3-4H2,1H3,(H,21,22,24). The van der Waals surface area contributed by atoms with E-state index in [9.17, 15) is 9.50 Å². The monoisotopic (exact) mass is 369 g/mol. The Kier molecular flexibility index (Phi) is 4.42. The van der Waals surface area contributed by atoms with Gasteiger partial charge in [-0.05, 0) is 42.9 Å². The van der Waals surface area contributed by atoms with Crippen LogP contribution in [0.25, 0.3) is 22.4 Å². The molecular weight excluding hydrogens is 353 g/mol. The van der Waals surface area contributed by atoms with E-state index in [1.54, 1.807) is 24.4 Å². The number of phenols is 1. The molecule has 0 unspecified atom stereocenters. The molecule has 0 amide bonds. The van der Waals surface area contributed by atoms with Crippen molar-refractivity contribution in [3.63, 3.8) is 0 Å². The van der Waals surface area contributed by atoms with Gasteiger partial charge in [-0.1, -0.05) is 6.07 Å². The smallest absolute Gasteiger partial charge is 0.242 e. The van der Waals surface area contributed by atoms with E-state index < -0.39 is 5.82 Å². The third kappa shape index (κ3) is 3.45. The lowest BCUT2D eigenvalue weighted by Gasteiger charge is -2.09. The lowest BCUT2D eigenvalue weighted by molar-refractivity contribution is 0.477. The van der Waals surface area contributed by atoms with Crippen molar-refractivity contribution < 1.29 is 9.50 Å². The number of anilines is 1. The summed E-state index contributed by atoms with van der Waals surface area (Å²) in [4.78, 5) is 8.22. The van der Waals surface area contributed by atoms with Crippen LogP contribution >= 0.6 is 11.8 Å². The van der Waals surface area contributed by atoms with E-state index in [1.807, 2.05) is 6.26 Å². The summed E-state index contributed by atoms with van der Waals surface area (Å²) in [6.07, 6.45) is 6.87. The van der Waals surface area contributed by atoms with Crippen LogP contribution in [-0.2, 0) is 0 Å². The number of pyridine rings is 1. The first-order valence-electron chi connectivity index (χ1n) is 8.13. The van der Waals surface area contributed by atoms with Crippen LogP contribution in [0.3, 0.4) is 0 Å². The van der Waals surface area contributed by atoms with Crippen LogP contribution in [-0.4, -0.2) is 37.6 Å². The fraction of sp³-hybridized carbons (Fsp3) is 0.222. The minimum atomic E-state index is -0.438. The van der Waals surface area contributed by atoms with E-state index in [-0.39, 0.29) is 5.75 Å². The molecule has 4 rings (SSSR count). The van der Waals surface area contributed by atoms with Gasteiger partial charge >= 0.3 is 0 Å². The summed E-state index contributed by atoms with van der Waals surface area (Å²) in [6.45, 7) is 0. The molecule has 6 nitrogen and oxygen atoms in total. The van der Waals surface area contributed by atoms with Crippen LogP contribution in [0.4, 0.5) is 10.3 Å². The van der Waals surface area contributed by atoms with Crippen LogP contribution in [0.2, 0.25) is 0 Å². The average molecular weight is 369 g/mol. The van der Waals surface area contributed by atoms with Crippen LogP contribution < -0.4 is 5.32 Å². The number of phenolic OH excluding ortho intramolecular Hbond substituents is 1. The highest BCUT2D eigenvalue weighted by Crippen LogP contribution is 2.34. The Labute approximate surface area is 153 Å². The Morgan fingerprint density at radius 2 is 1.96 bits per heavy atom. The van der Waals surface area contributed by atoms with Gasteiger partial charge in [-0.2, -0.15) is 0 Å². The zero-order valence-electron chi connectivity index (χ0n) is 14.0. The van der Waals surface area contributed by atoms with Gasteiger partial charge in [0.05, 0.1) is 17.4 Å². The predicted molar refractivity (Wildman–Crippen MR) is 98.5 cm³/mol. The van der Waals surface area contributed by atoms with Crippen molar-refractivity contribution in [1.82, 2.24) is 20.2 Å². The number of halogens is 1. The topological polar surface area (TPSA) is 83.8 Å². The van der Waals surface area contributed by atoms with Crippen molar-refractivity contribution in [3.05, 3.63) is 42.5 Å². The average Bonchev–Trinajstić information content (AvgIpc) is 3.47. The molecule has 132 valence electrons. The molecule has 1 aliphatic carbocycles. The number of hydrogen-bond donors (Lipinski definition) is 2. The Morgan fingerprint density at radius 3 is 2.62 bits per heavy atom. The van der Waals surface area contributed by atoms with Crippen molar-refractivity contribution in [3.8, 4) is 28.1 Å². The Hall–Kier alpha value is -2.74. The Balaban J connectivity index is 1.63. The number of benzene rings is 1. The highest BCUT2D eigenvalue weighted by atomic mass is 32.2. The van der Waals surface area contributed by atoms with Gasteiger partial charge in [-0.15, -0.1) is 22.0 Å². The van der Waals surface area contributed by atoms with E-state index >= 15 is 0 Å². The van der Waals surface area contributed by atoms with Crippen molar-refractivity contribution in [2.45, 2.75) is 23.9 Å². The number of nitrogens with one attached hydrogen (secondary N) is 1. The van der Waals surface area contributed by atoms with Gasteiger partial charge in [-0.25, -0.2) is 14.4 Å². The number of nitrogens with zero attached hydrogens (tertiary/aromatic N) is 4. The summed E-state index contributed by atoms with van der Waals surface area (Å²) in [5.41, 5.74) is 1.90. The summed E-state index contributed by atoms with van der Waals surface area (Å²) in [7, 11) is 0. The molecule has 26 heavy (non-hydrogen) atoms. The Bertz CT molecular complexity index is 947. The van der Waals surface area contributed by atoms with Gasteiger partial charge in [0.25, 0.3) is 0 Å². The molecule has 1 saturated carbocycles. The quantitative estimate of drug-likeness (QED) is 0.663. The number of hydrogen-bond acceptors (Lipinski definition) is 7. The summed E-state index contributed by atoms with van der Waals surface area (Å²) >= 11 is 1.43. The number of rotatable bonds is 5. The van der Waals surface area contributed by atoms with Crippen LogP contribution in [0, 0.1) is 5.82 Å². The van der Waals surface area contributed by atoms with Gasteiger partial charge in [0.1, 0.15) is 17.3 Å². The molecule has 0 radical (unpaired) electrons. The van der Waals surface area contributed by atoms with Crippen molar-refractivity contribution in [2.24, 2.45) is 0 Å². The summed E-state index contributed by atoms with van der Waals surface area (Å²) in [5.74, 6) is 0.0335. The van der Waals surface area contributed by atoms with Gasteiger partial charge in [0.15, 0.2) is 0 Å². The minimum absolute atomic E-state index is 0.0107. The second kappa shape index (κ2) is 6.87. The first-order chi connectivity index (χ1) is 12.6. The lowest BCUT2D eigenvalue weighted by atomic mass is 10.0. The highest BCUT2D eigenvalue weighted by Gasteiger charge is 2.22. The molecule has 1 fully saturated rings. The van der Waals surface area contributed by atoms with Crippen LogP contribution in [0.5, 0.6) is 5.75 Å². The van der Waals surface area contributed by atoms with E-state index in [0.29, 0.717) is 39.4 Å². The predicted octanol–water partition coefficient (Wildman–Crippen LogP) is 3.74. The molecule has 2 N–H and O–H groups in total. The van der Waals surface area contributed by atoms with E-state index in [0.717, 1.165) is 12.8 Å². The van der Waals surface area contributed by atoms with Gasteiger partial charge in [-0.3, -0.25) is 0 Å². The summed E-state index contributed by atoms with van der Waals surface area (Å²) in [5, 5.41) is 22.4. The maximum Gasteiger partial charge on any atom is 0.242 e. The molecule has 2 aromatic heterocycles. The fourth-order valence-electron chi connectivity index (χ4n) is 2.54. The van der Waals surface area contributed by atoms with E-state index in [2.05, 4.69) is 25.5 Å². The molecule has 8 heteroatoms. The molecule has 0 saturated heterocycles. The molecule has 2 heterocycles. The van der Waals surface area contributed by atoms with Crippen LogP contribution in [0.1, 0.15) is 12.8 Å². The highest BCUT2D eigenvalue weighted by molar-refractivity contribution is 7.98. The van der Waals surface area contributed by atoms with Gasteiger partial charge in [0.2, 0.25) is 5.95 Å². The zero-order chi connectivity index (χ0) is 18.1. The first-order valence-corrected chi connectivity index (χ1v) is 9.36. The first kappa shape index (κ1) is 16.7. The normalized spacial score (nSPS) is 13.6. The number of aromatic nitrogens is 4. The second-order valence-corrected chi connectivity index (χ2v) is 6.85. The fourth-order valence-corrected chi connectivity index (χ4v) is 2.94. The van der Waals surface area contributed by atoms with Crippen LogP contribution in [0.15, 0.2) is 41.7 Å². The molecule has 0 aliphatic heterocycles. The number of aromatic hydroxyl groups is 1. The molecule has 0 spiro atoms.